The number of carbonyl (C=O) groups is 1. The zero-order valence-electron chi connectivity index (χ0n) is 18.8. The molecule has 0 bridgehead atoms. The molecule has 9 N–H and O–H groups in total. The van der Waals surface area contributed by atoms with Crippen LogP contribution in [0.1, 0.15) is 47.4 Å². The van der Waals surface area contributed by atoms with Gasteiger partial charge in [0.1, 0.15) is 18.2 Å². The molecule has 0 saturated carbocycles. The highest BCUT2D eigenvalue weighted by atomic mass is 16.5. The van der Waals surface area contributed by atoms with Crippen LogP contribution < -0.4 is 27.3 Å². The highest BCUT2D eigenvalue weighted by Crippen LogP contribution is 2.16. The number of rotatable bonds is 12. The Kier molecular flexibility index (Phi) is 10.3. The fraction of sp³-hybridized carbons (Fsp3) is 0.455. The van der Waals surface area contributed by atoms with Crippen molar-refractivity contribution in [2.45, 2.75) is 45.1 Å². The summed E-state index contributed by atoms with van der Waals surface area (Å²) < 4.78 is 5.62. The van der Waals surface area contributed by atoms with E-state index >= 15 is 0 Å². The molecule has 1 heterocycles. The summed E-state index contributed by atoms with van der Waals surface area (Å²) in [7, 11) is 0. The molecular formula is C22H33N7O4. The molecule has 1 amide bonds. The van der Waals surface area contributed by atoms with Crippen LogP contribution in [0.3, 0.4) is 0 Å². The first-order valence-corrected chi connectivity index (χ1v) is 10.8. The third kappa shape index (κ3) is 8.91. The number of amides is 1. The molecule has 0 spiro atoms. The molecule has 33 heavy (non-hydrogen) atoms. The van der Waals surface area contributed by atoms with E-state index < -0.39 is 12.0 Å². The number of aliphatic imine (C=N–C) groups is 1. The third-order valence-electron chi connectivity index (χ3n) is 4.78. The third-order valence-corrected chi connectivity index (χ3v) is 4.78. The van der Waals surface area contributed by atoms with E-state index in [0.29, 0.717) is 30.8 Å². The Balaban J connectivity index is 1.74. The summed E-state index contributed by atoms with van der Waals surface area (Å²) in [4.78, 5) is 24.3. The number of ether oxygens (including phenoxy) is 1. The van der Waals surface area contributed by atoms with E-state index in [9.17, 15) is 9.90 Å². The van der Waals surface area contributed by atoms with Crippen LogP contribution in [0, 0.1) is 6.92 Å². The normalized spacial score (nSPS) is 12.4. The molecule has 180 valence electrons. The fourth-order valence-electron chi connectivity index (χ4n) is 2.96. The zero-order valence-corrected chi connectivity index (χ0v) is 18.8. The van der Waals surface area contributed by atoms with Gasteiger partial charge in [0, 0.05) is 13.2 Å². The molecule has 0 aliphatic heterocycles. The Morgan fingerprint density at radius 2 is 2.00 bits per heavy atom. The topological polar surface area (TPSA) is 195 Å². The smallest absolute Gasteiger partial charge is 0.280 e. The Morgan fingerprint density at radius 3 is 2.76 bits per heavy atom. The van der Waals surface area contributed by atoms with Crippen molar-refractivity contribution in [3.63, 3.8) is 0 Å². The number of hydrogen-bond donors (Lipinski definition) is 6. The summed E-state index contributed by atoms with van der Waals surface area (Å²) in [5.74, 6) is 0.169. The van der Waals surface area contributed by atoms with Crippen molar-refractivity contribution in [1.29, 1.82) is 0 Å². The summed E-state index contributed by atoms with van der Waals surface area (Å²) >= 11 is 0. The van der Waals surface area contributed by atoms with Gasteiger partial charge in [-0.25, -0.2) is 9.97 Å². The van der Waals surface area contributed by atoms with Gasteiger partial charge in [-0.2, -0.15) is 0 Å². The van der Waals surface area contributed by atoms with Gasteiger partial charge in [-0.3, -0.25) is 15.1 Å². The SMILES string of the molecule is Cc1nc(C(=O)NC(N)=NCCCCc2cccc(OC[C@@H](O)CCCO)c2)c(N)nc1N. The molecule has 2 aromatic rings. The number of hydrogen-bond acceptors (Lipinski definition) is 9. The number of benzene rings is 1. The molecule has 0 saturated heterocycles. The van der Waals surface area contributed by atoms with Gasteiger partial charge in [-0.1, -0.05) is 12.1 Å². The first-order chi connectivity index (χ1) is 15.8. The largest absolute Gasteiger partial charge is 0.491 e. The van der Waals surface area contributed by atoms with E-state index in [1.54, 1.807) is 6.92 Å². The number of nitrogens with two attached hydrogens (primary N) is 3. The Bertz CT molecular complexity index is 952. The predicted octanol–water partition coefficient (Wildman–Crippen LogP) is 0.529. The second-order valence-electron chi connectivity index (χ2n) is 7.58. The molecule has 0 radical (unpaired) electrons. The van der Waals surface area contributed by atoms with Crippen LogP contribution in [0.15, 0.2) is 29.3 Å². The van der Waals surface area contributed by atoms with Crippen molar-refractivity contribution in [1.82, 2.24) is 15.3 Å². The van der Waals surface area contributed by atoms with Crippen molar-refractivity contribution < 1.29 is 19.7 Å². The van der Waals surface area contributed by atoms with Crippen LogP contribution in [-0.4, -0.2) is 57.9 Å². The number of unbranched alkanes of at least 4 members (excludes halogenated alkanes) is 1. The van der Waals surface area contributed by atoms with E-state index in [-0.39, 0.29) is 36.5 Å². The maximum atomic E-state index is 12.3. The number of aromatic nitrogens is 2. The molecular weight excluding hydrogens is 426 g/mol. The molecule has 1 atom stereocenters. The summed E-state index contributed by atoms with van der Waals surface area (Å²) in [5.41, 5.74) is 18.6. The lowest BCUT2D eigenvalue weighted by Gasteiger charge is -2.12. The van der Waals surface area contributed by atoms with Gasteiger partial charge in [0.05, 0.1) is 11.8 Å². The van der Waals surface area contributed by atoms with Gasteiger partial charge in [-0.05, 0) is 56.7 Å². The number of guanidine groups is 1. The van der Waals surface area contributed by atoms with Gasteiger partial charge in [-0.15, -0.1) is 0 Å². The van der Waals surface area contributed by atoms with E-state index in [1.165, 1.54) is 0 Å². The van der Waals surface area contributed by atoms with Crippen LogP contribution >= 0.6 is 0 Å². The molecule has 0 unspecified atom stereocenters. The minimum atomic E-state index is -0.600. The summed E-state index contributed by atoms with van der Waals surface area (Å²) in [6, 6.07) is 7.70. The summed E-state index contributed by atoms with van der Waals surface area (Å²) in [5, 5.41) is 21.1. The molecule has 11 nitrogen and oxygen atoms in total. The van der Waals surface area contributed by atoms with Gasteiger partial charge < -0.3 is 32.2 Å². The number of carbonyl (C=O) groups excluding carboxylic acids is 1. The lowest BCUT2D eigenvalue weighted by atomic mass is 10.1. The predicted molar refractivity (Wildman–Crippen MR) is 127 cm³/mol. The van der Waals surface area contributed by atoms with Crippen molar-refractivity contribution in [2.75, 3.05) is 31.2 Å². The molecule has 1 aromatic heterocycles. The average molecular weight is 460 g/mol. The van der Waals surface area contributed by atoms with Crippen LogP contribution in [0.25, 0.3) is 0 Å². The fourth-order valence-corrected chi connectivity index (χ4v) is 2.96. The molecule has 0 aliphatic carbocycles. The van der Waals surface area contributed by atoms with Crippen LogP contribution in [-0.2, 0) is 6.42 Å². The number of nitrogens with zero attached hydrogens (tertiary/aromatic N) is 3. The standard InChI is InChI=1S/C22H33N7O4/c1-14-19(23)28-20(24)18(27-14)21(32)29-22(25)26-10-3-2-6-15-7-4-9-17(12-15)33-13-16(31)8-5-11-30/h4,7,9,12,16,30-31H,2-3,5-6,8,10-11,13H2,1H3,(H4,23,24,28)(H3,25,26,29,32)/t16-/m0/s1. The minimum Gasteiger partial charge on any atom is -0.491 e. The monoisotopic (exact) mass is 459 g/mol. The number of aryl methyl sites for hydroxylation is 2. The van der Waals surface area contributed by atoms with Crippen molar-refractivity contribution >= 4 is 23.5 Å². The van der Waals surface area contributed by atoms with Gasteiger partial charge in [0.15, 0.2) is 17.5 Å². The van der Waals surface area contributed by atoms with Crippen LogP contribution in [0.5, 0.6) is 5.75 Å². The minimum absolute atomic E-state index is 0.0224. The number of nitrogens with one attached hydrogen (secondary N) is 1. The first-order valence-electron chi connectivity index (χ1n) is 10.8. The highest BCUT2D eigenvalue weighted by molar-refractivity contribution is 6.06. The second-order valence-corrected chi connectivity index (χ2v) is 7.58. The summed E-state index contributed by atoms with van der Waals surface area (Å²) in [6.45, 7) is 2.32. The van der Waals surface area contributed by atoms with E-state index in [4.69, 9.17) is 27.0 Å². The Morgan fingerprint density at radius 1 is 1.21 bits per heavy atom. The Hall–Kier alpha value is -3.44. The number of nitrogen functional groups attached to an aromatic ring is 2. The number of aliphatic hydroxyl groups excluding tert-OH is 2. The van der Waals surface area contributed by atoms with Gasteiger partial charge >= 0.3 is 0 Å². The molecule has 0 fully saturated rings. The van der Waals surface area contributed by atoms with Crippen LogP contribution in [0.2, 0.25) is 0 Å². The number of anilines is 2. The maximum Gasteiger partial charge on any atom is 0.280 e. The highest BCUT2D eigenvalue weighted by Gasteiger charge is 2.15. The van der Waals surface area contributed by atoms with Crippen molar-refractivity contribution in [3.05, 3.63) is 41.2 Å². The summed E-state index contributed by atoms with van der Waals surface area (Å²) in [6.07, 6.45) is 2.90. The van der Waals surface area contributed by atoms with E-state index in [1.807, 2.05) is 24.3 Å². The van der Waals surface area contributed by atoms with E-state index in [0.717, 1.165) is 24.8 Å². The Labute approximate surface area is 193 Å². The number of aliphatic hydroxyl groups is 2. The zero-order chi connectivity index (χ0) is 24.2. The lowest BCUT2D eigenvalue weighted by Crippen LogP contribution is -2.38. The second kappa shape index (κ2) is 13.2. The van der Waals surface area contributed by atoms with Gasteiger partial charge in [0.25, 0.3) is 5.91 Å². The van der Waals surface area contributed by atoms with Crippen molar-refractivity contribution in [2.24, 2.45) is 10.7 Å². The average Bonchev–Trinajstić information content (AvgIpc) is 2.78. The molecule has 0 aliphatic rings. The maximum absolute atomic E-state index is 12.3. The van der Waals surface area contributed by atoms with Gasteiger partial charge in [0.2, 0.25) is 0 Å². The van der Waals surface area contributed by atoms with E-state index in [2.05, 4.69) is 20.3 Å². The lowest BCUT2D eigenvalue weighted by molar-refractivity contribution is 0.0925. The van der Waals surface area contributed by atoms with Crippen molar-refractivity contribution in [3.8, 4) is 5.75 Å². The molecule has 1 aromatic carbocycles. The van der Waals surface area contributed by atoms with Crippen LogP contribution in [0.4, 0.5) is 11.6 Å². The first kappa shape index (κ1) is 25.8. The quantitative estimate of drug-likeness (QED) is 0.149. The molecule has 11 heteroatoms. The molecule has 2 rings (SSSR count).